The van der Waals surface area contributed by atoms with Crippen molar-refractivity contribution in [2.24, 2.45) is 0 Å². The summed E-state index contributed by atoms with van der Waals surface area (Å²) in [6.07, 6.45) is 1.39. The van der Waals surface area contributed by atoms with Crippen LogP contribution in [-0.2, 0) is 24.2 Å². The first-order chi connectivity index (χ1) is 13.1. The van der Waals surface area contributed by atoms with E-state index in [2.05, 4.69) is 46.8 Å². The van der Waals surface area contributed by atoms with Gasteiger partial charge in [-0.05, 0) is 44.0 Å². The van der Waals surface area contributed by atoms with Crippen molar-refractivity contribution in [3.63, 3.8) is 0 Å². The zero-order valence-electron chi connectivity index (χ0n) is 15.6. The van der Waals surface area contributed by atoms with Crippen LogP contribution >= 0.6 is 11.3 Å². The summed E-state index contributed by atoms with van der Waals surface area (Å²) in [7, 11) is 0. The fourth-order valence-corrected chi connectivity index (χ4v) is 4.31. The number of aromatic nitrogens is 1. The number of benzene rings is 2. The van der Waals surface area contributed by atoms with E-state index in [1.165, 1.54) is 16.8 Å². The van der Waals surface area contributed by atoms with Gasteiger partial charge in [-0.2, -0.15) is 0 Å². The molecule has 1 aliphatic rings. The van der Waals surface area contributed by atoms with Crippen molar-refractivity contribution >= 4 is 28.6 Å². The fraction of sp³-hybridized carbons (Fsp3) is 0.273. The summed E-state index contributed by atoms with van der Waals surface area (Å²) in [6.45, 7) is 5.07. The zero-order chi connectivity index (χ0) is 18.8. The number of thiazole rings is 1. The minimum absolute atomic E-state index is 0.0281. The highest BCUT2D eigenvalue weighted by Gasteiger charge is 2.26. The molecule has 1 aromatic heterocycles. The summed E-state index contributed by atoms with van der Waals surface area (Å²) in [5.41, 5.74) is 5.73. The van der Waals surface area contributed by atoms with Gasteiger partial charge < -0.3 is 10.2 Å². The number of hydrogen-bond donors (Lipinski definition) is 1. The number of aryl methyl sites for hydroxylation is 1. The SMILES string of the molecule is Cc1ccc(NC(=O)Cc2nc(CN3c4ccccc4C[C@H]3C)cs2)cc1. The van der Waals surface area contributed by atoms with Crippen LogP contribution in [-0.4, -0.2) is 16.9 Å². The summed E-state index contributed by atoms with van der Waals surface area (Å²) in [5.74, 6) is -0.0281. The first kappa shape index (κ1) is 17.7. The van der Waals surface area contributed by atoms with Gasteiger partial charge in [0.25, 0.3) is 0 Å². The van der Waals surface area contributed by atoms with E-state index in [1.807, 2.05) is 31.2 Å². The summed E-state index contributed by atoms with van der Waals surface area (Å²) < 4.78 is 0. The minimum atomic E-state index is -0.0281. The Morgan fingerprint density at radius 2 is 2.00 bits per heavy atom. The van der Waals surface area contributed by atoms with Crippen LogP contribution in [0.5, 0.6) is 0 Å². The van der Waals surface area contributed by atoms with Gasteiger partial charge in [0.15, 0.2) is 0 Å². The third-order valence-corrected chi connectivity index (χ3v) is 5.82. The molecule has 0 aliphatic carbocycles. The molecule has 2 heterocycles. The predicted molar refractivity (Wildman–Crippen MR) is 111 cm³/mol. The highest BCUT2D eigenvalue weighted by molar-refractivity contribution is 7.09. The van der Waals surface area contributed by atoms with Gasteiger partial charge in [0.2, 0.25) is 5.91 Å². The monoisotopic (exact) mass is 377 g/mol. The topological polar surface area (TPSA) is 45.2 Å². The number of anilines is 2. The molecule has 27 heavy (non-hydrogen) atoms. The number of carbonyl (C=O) groups excluding carboxylic acids is 1. The maximum absolute atomic E-state index is 12.3. The van der Waals surface area contributed by atoms with Crippen molar-refractivity contribution in [1.82, 2.24) is 4.98 Å². The maximum Gasteiger partial charge on any atom is 0.231 e. The third kappa shape index (κ3) is 4.03. The van der Waals surface area contributed by atoms with Crippen molar-refractivity contribution in [2.45, 2.75) is 39.3 Å². The summed E-state index contributed by atoms with van der Waals surface area (Å²) in [4.78, 5) is 19.4. The molecular formula is C22H23N3OS. The molecule has 0 bridgehead atoms. The largest absolute Gasteiger partial charge is 0.362 e. The van der Waals surface area contributed by atoms with Gasteiger partial charge in [0, 0.05) is 22.8 Å². The highest BCUT2D eigenvalue weighted by Crippen LogP contribution is 2.33. The second kappa shape index (κ2) is 7.53. The van der Waals surface area contributed by atoms with E-state index in [9.17, 15) is 4.79 Å². The smallest absolute Gasteiger partial charge is 0.231 e. The zero-order valence-corrected chi connectivity index (χ0v) is 16.4. The standard InChI is InChI=1S/C22H23N3OS/c1-15-7-9-18(10-8-15)23-21(26)12-22-24-19(14-27-22)13-25-16(2)11-17-5-3-4-6-20(17)25/h3-10,14,16H,11-13H2,1-2H3,(H,23,26)/t16-/m1/s1. The van der Waals surface area contributed by atoms with E-state index < -0.39 is 0 Å². The molecule has 0 saturated heterocycles. The number of nitrogens with one attached hydrogen (secondary N) is 1. The fourth-order valence-electron chi connectivity index (χ4n) is 3.53. The highest BCUT2D eigenvalue weighted by atomic mass is 32.1. The van der Waals surface area contributed by atoms with Crippen LogP contribution in [0, 0.1) is 6.92 Å². The average Bonchev–Trinajstić information content (AvgIpc) is 3.21. The van der Waals surface area contributed by atoms with Gasteiger partial charge in [-0.1, -0.05) is 35.9 Å². The second-order valence-corrected chi connectivity index (χ2v) is 8.08. The lowest BCUT2D eigenvalue weighted by Gasteiger charge is -2.23. The maximum atomic E-state index is 12.3. The molecule has 1 amide bonds. The first-order valence-electron chi connectivity index (χ1n) is 9.23. The van der Waals surface area contributed by atoms with Crippen LogP contribution in [0.25, 0.3) is 0 Å². The molecule has 138 valence electrons. The molecule has 1 atom stereocenters. The van der Waals surface area contributed by atoms with Crippen molar-refractivity contribution < 1.29 is 4.79 Å². The second-order valence-electron chi connectivity index (χ2n) is 7.13. The molecule has 0 fully saturated rings. The number of rotatable bonds is 5. The van der Waals surface area contributed by atoms with E-state index in [1.54, 1.807) is 11.3 Å². The molecule has 0 unspecified atom stereocenters. The van der Waals surface area contributed by atoms with Gasteiger partial charge in [0.05, 0.1) is 18.7 Å². The molecule has 5 heteroatoms. The molecule has 0 radical (unpaired) electrons. The third-order valence-electron chi connectivity index (χ3n) is 4.93. The van der Waals surface area contributed by atoms with Crippen molar-refractivity contribution in [3.05, 3.63) is 75.7 Å². The minimum Gasteiger partial charge on any atom is -0.362 e. The lowest BCUT2D eigenvalue weighted by atomic mass is 10.1. The number of hydrogen-bond acceptors (Lipinski definition) is 4. The van der Waals surface area contributed by atoms with E-state index in [0.717, 1.165) is 29.4 Å². The van der Waals surface area contributed by atoms with Crippen LogP contribution in [0.3, 0.4) is 0 Å². The van der Waals surface area contributed by atoms with Gasteiger partial charge in [0.1, 0.15) is 5.01 Å². The van der Waals surface area contributed by atoms with E-state index in [-0.39, 0.29) is 5.91 Å². The number of para-hydroxylation sites is 1. The lowest BCUT2D eigenvalue weighted by Crippen LogP contribution is -2.28. The van der Waals surface area contributed by atoms with E-state index in [4.69, 9.17) is 4.98 Å². The average molecular weight is 378 g/mol. The van der Waals surface area contributed by atoms with Crippen LogP contribution in [0.1, 0.15) is 28.8 Å². The Bertz CT molecular complexity index is 948. The van der Waals surface area contributed by atoms with Crippen LogP contribution in [0.15, 0.2) is 53.9 Å². The van der Waals surface area contributed by atoms with Crippen LogP contribution < -0.4 is 10.2 Å². The molecule has 1 aliphatic heterocycles. The molecule has 0 saturated carbocycles. The number of amides is 1. The molecular weight excluding hydrogens is 354 g/mol. The first-order valence-corrected chi connectivity index (χ1v) is 10.1. The Labute approximate surface area is 163 Å². The van der Waals surface area contributed by atoms with E-state index in [0.29, 0.717) is 12.5 Å². The molecule has 1 N–H and O–H groups in total. The van der Waals surface area contributed by atoms with Gasteiger partial charge >= 0.3 is 0 Å². The van der Waals surface area contributed by atoms with Crippen LogP contribution in [0.4, 0.5) is 11.4 Å². The Morgan fingerprint density at radius 1 is 1.22 bits per heavy atom. The van der Waals surface area contributed by atoms with Gasteiger partial charge in [-0.25, -0.2) is 4.98 Å². The number of carbonyl (C=O) groups is 1. The Morgan fingerprint density at radius 3 is 2.81 bits per heavy atom. The molecule has 2 aromatic carbocycles. The summed E-state index contributed by atoms with van der Waals surface area (Å²) >= 11 is 1.56. The molecule has 3 aromatic rings. The Hall–Kier alpha value is -2.66. The van der Waals surface area contributed by atoms with Crippen molar-refractivity contribution in [1.29, 1.82) is 0 Å². The summed E-state index contributed by atoms with van der Waals surface area (Å²) in [5, 5.41) is 5.87. The lowest BCUT2D eigenvalue weighted by molar-refractivity contribution is -0.115. The van der Waals surface area contributed by atoms with Crippen molar-refractivity contribution in [3.8, 4) is 0 Å². The normalized spacial score (nSPS) is 15.6. The summed E-state index contributed by atoms with van der Waals surface area (Å²) in [6, 6.07) is 16.9. The Kier molecular flexibility index (Phi) is 4.94. The van der Waals surface area contributed by atoms with Gasteiger partial charge in [-0.3, -0.25) is 4.79 Å². The quantitative estimate of drug-likeness (QED) is 0.708. The molecule has 4 rings (SSSR count). The number of nitrogens with zero attached hydrogens (tertiary/aromatic N) is 2. The van der Waals surface area contributed by atoms with E-state index >= 15 is 0 Å². The Balaban J connectivity index is 1.39. The predicted octanol–water partition coefficient (Wildman–Crippen LogP) is 4.58. The molecule has 4 nitrogen and oxygen atoms in total. The number of fused-ring (bicyclic) bond motifs is 1. The van der Waals surface area contributed by atoms with Crippen LogP contribution in [0.2, 0.25) is 0 Å². The molecule has 0 spiro atoms. The van der Waals surface area contributed by atoms with Gasteiger partial charge in [-0.15, -0.1) is 11.3 Å². The van der Waals surface area contributed by atoms with Crippen molar-refractivity contribution in [2.75, 3.05) is 10.2 Å².